The van der Waals surface area contributed by atoms with Gasteiger partial charge in [-0.3, -0.25) is 4.79 Å². The number of carbonyl (C=O) groups is 3. The van der Waals surface area contributed by atoms with Crippen LogP contribution in [0.5, 0.6) is 0 Å². The van der Waals surface area contributed by atoms with Crippen LogP contribution in [0.4, 0.5) is 10.1 Å². The number of thiol groups is 1. The van der Waals surface area contributed by atoms with Gasteiger partial charge in [-0.25, -0.2) is 19.0 Å². The first-order valence-electron chi connectivity index (χ1n) is 16.8. The Hall–Kier alpha value is -4.42. The quantitative estimate of drug-likeness (QED) is 0.177. The fraction of sp³-hybridized carbons (Fsp3) is 0.421. The van der Waals surface area contributed by atoms with Gasteiger partial charge < -0.3 is 29.1 Å². The van der Waals surface area contributed by atoms with E-state index in [-0.39, 0.29) is 47.9 Å². The molecule has 7 rings (SSSR count). The number of hydrogen-bond donors (Lipinski definition) is 3. The third-order valence-electron chi connectivity index (χ3n) is 11.9. The van der Waals surface area contributed by atoms with E-state index in [1.807, 2.05) is 13.0 Å². The number of nitrogens with zero attached hydrogens (tertiary/aromatic N) is 1. The van der Waals surface area contributed by atoms with E-state index in [2.05, 4.69) is 19.6 Å². The molecule has 3 unspecified atom stereocenters. The molecule has 0 amide bonds. The fourth-order valence-corrected chi connectivity index (χ4v) is 9.99. The molecule has 2 heterocycles. The second kappa shape index (κ2) is 12.7. The third-order valence-corrected chi connectivity index (χ3v) is 12.2. The summed E-state index contributed by atoms with van der Waals surface area (Å²) in [7, 11) is 0. The highest BCUT2D eigenvalue weighted by Gasteiger charge is 2.70. The lowest BCUT2D eigenvalue weighted by Crippen LogP contribution is -2.62. The van der Waals surface area contributed by atoms with Crippen molar-refractivity contribution in [2.24, 2.45) is 39.3 Å². The minimum absolute atomic E-state index is 0.00494. The van der Waals surface area contributed by atoms with Crippen molar-refractivity contribution in [1.82, 2.24) is 0 Å². The van der Waals surface area contributed by atoms with Crippen LogP contribution in [0.2, 0.25) is 0 Å². The average molecular weight is 703 g/mol. The molecule has 7 atom stereocenters. The van der Waals surface area contributed by atoms with Crippen LogP contribution in [0.1, 0.15) is 79.0 Å². The van der Waals surface area contributed by atoms with Crippen LogP contribution >= 0.6 is 12.6 Å². The van der Waals surface area contributed by atoms with Gasteiger partial charge in [-0.1, -0.05) is 19.4 Å². The molecule has 0 aliphatic heterocycles. The Morgan fingerprint density at radius 1 is 1.10 bits per heavy atom. The maximum atomic E-state index is 14.7. The van der Waals surface area contributed by atoms with E-state index in [9.17, 15) is 23.9 Å². The molecule has 0 bridgehead atoms. The van der Waals surface area contributed by atoms with E-state index in [0.717, 1.165) is 24.0 Å². The summed E-state index contributed by atoms with van der Waals surface area (Å²) in [5.41, 5.74) is 6.60. The first kappa shape index (κ1) is 34.0. The monoisotopic (exact) mass is 702 g/mol. The maximum absolute atomic E-state index is 14.7. The molecule has 262 valence electrons. The number of aliphatic hydroxyl groups excluding tert-OH is 1. The zero-order valence-electron chi connectivity index (χ0n) is 27.8. The van der Waals surface area contributed by atoms with Gasteiger partial charge in [0.05, 0.1) is 30.0 Å². The van der Waals surface area contributed by atoms with Crippen molar-refractivity contribution in [1.29, 1.82) is 0 Å². The van der Waals surface area contributed by atoms with Gasteiger partial charge in [0.25, 0.3) is 0 Å². The lowest BCUT2D eigenvalue weighted by atomic mass is 9.45. The largest absolute Gasteiger partial charge is 0.457 e. The predicted octanol–water partition coefficient (Wildman–Crippen LogP) is 6.88. The smallest absolute Gasteiger partial charge is 0.375 e. The van der Waals surface area contributed by atoms with E-state index >= 15 is 0 Å². The number of ether oxygens (including phenoxy) is 2. The Bertz CT molecular complexity index is 1920. The number of benzene rings is 1. The number of hydrogen-bond acceptors (Lipinski definition) is 10. The molecule has 10 nitrogen and oxygen atoms in total. The van der Waals surface area contributed by atoms with Crippen LogP contribution in [-0.4, -0.2) is 39.6 Å². The van der Waals surface area contributed by atoms with E-state index in [0.29, 0.717) is 30.7 Å². The van der Waals surface area contributed by atoms with Gasteiger partial charge in [-0.15, -0.1) is 12.6 Å². The lowest BCUT2D eigenvalue weighted by molar-refractivity contribution is -0.174. The summed E-state index contributed by atoms with van der Waals surface area (Å²) in [6, 6.07) is 10.5. The number of rotatable bonds is 7. The number of aliphatic imine (C=N–C) groups is 1. The summed E-state index contributed by atoms with van der Waals surface area (Å²) in [6.45, 7) is 3.81. The highest BCUT2D eigenvalue weighted by Crippen LogP contribution is 2.69. The number of furan rings is 2. The molecule has 0 radical (unpaired) electrons. The minimum Gasteiger partial charge on any atom is -0.457 e. The van der Waals surface area contributed by atoms with E-state index in [1.54, 1.807) is 18.2 Å². The number of carbonyl (C=O) groups excluding carboxylic acids is 3. The number of fused-ring (bicyclic) bond motifs is 5. The van der Waals surface area contributed by atoms with Gasteiger partial charge in [-0.05, 0) is 122 Å². The van der Waals surface area contributed by atoms with Crippen molar-refractivity contribution >= 4 is 41.1 Å². The fourth-order valence-electron chi connectivity index (χ4n) is 9.58. The summed E-state index contributed by atoms with van der Waals surface area (Å²) in [6.07, 6.45) is 8.72. The van der Waals surface area contributed by atoms with Gasteiger partial charge in [0.15, 0.2) is 5.60 Å². The normalized spacial score (nSPS) is 33.3. The number of aliphatic hydroxyl groups is 1. The lowest BCUT2D eigenvalue weighted by Gasteiger charge is -2.60. The Morgan fingerprint density at radius 3 is 2.48 bits per heavy atom. The highest BCUT2D eigenvalue weighted by molar-refractivity contribution is 7.96. The van der Waals surface area contributed by atoms with Crippen LogP contribution in [0.15, 0.2) is 92.2 Å². The molecule has 3 aromatic rings. The van der Waals surface area contributed by atoms with Crippen molar-refractivity contribution in [3.8, 4) is 0 Å². The molecule has 0 saturated heterocycles. The molecule has 3 N–H and O–H groups in total. The summed E-state index contributed by atoms with van der Waals surface area (Å²) in [5.74, 6) is -2.04. The highest BCUT2D eigenvalue weighted by atomic mass is 32.1. The van der Waals surface area contributed by atoms with Crippen LogP contribution in [0.3, 0.4) is 0 Å². The van der Waals surface area contributed by atoms with Gasteiger partial charge in [0, 0.05) is 11.0 Å². The number of esters is 2. The van der Waals surface area contributed by atoms with E-state index in [4.69, 9.17) is 29.0 Å². The summed E-state index contributed by atoms with van der Waals surface area (Å²) in [5, 5.41) is 11.5. The predicted molar refractivity (Wildman–Crippen MR) is 183 cm³/mol. The Kier molecular flexibility index (Phi) is 8.66. The van der Waals surface area contributed by atoms with Gasteiger partial charge in [0.1, 0.15) is 12.4 Å². The molecular weight excluding hydrogens is 663 g/mol. The summed E-state index contributed by atoms with van der Waals surface area (Å²) < 4.78 is 36.3. The first-order valence-corrected chi connectivity index (χ1v) is 17.2. The van der Waals surface area contributed by atoms with Gasteiger partial charge in [0.2, 0.25) is 16.6 Å². The molecular formula is C38H39FN2O8S. The molecule has 4 aliphatic carbocycles. The zero-order chi connectivity index (χ0) is 35.4. The van der Waals surface area contributed by atoms with E-state index in [1.165, 1.54) is 43.0 Å². The van der Waals surface area contributed by atoms with Crippen LogP contribution in [-0.2, 0) is 20.9 Å². The van der Waals surface area contributed by atoms with Gasteiger partial charge >= 0.3 is 11.9 Å². The van der Waals surface area contributed by atoms with Crippen LogP contribution < -0.4 is 5.73 Å². The van der Waals surface area contributed by atoms with Crippen molar-refractivity contribution < 1.29 is 42.2 Å². The van der Waals surface area contributed by atoms with Gasteiger partial charge in [-0.2, -0.15) is 0 Å². The second-order valence-electron chi connectivity index (χ2n) is 14.3. The SMILES string of the molecule is C[C@]12CC(=CN)C(=Nc3ccc(F)c(COC(=O)c4ccco4)c3)C=C1CC[C@@H]1C2C(O)C[C@@]2(C)C1CC[C@]2(OC(=O)c1ccco1)C(=O)S. The molecule has 3 saturated carbocycles. The number of halogens is 1. The van der Waals surface area contributed by atoms with Crippen LogP contribution in [0.25, 0.3) is 0 Å². The molecule has 0 spiro atoms. The summed E-state index contributed by atoms with van der Waals surface area (Å²) in [4.78, 5) is 43.5. The second-order valence-corrected chi connectivity index (χ2v) is 14.7. The Balaban J connectivity index is 1.15. The molecule has 2 aromatic heterocycles. The molecule has 50 heavy (non-hydrogen) atoms. The zero-order valence-corrected chi connectivity index (χ0v) is 28.7. The van der Waals surface area contributed by atoms with E-state index < -0.39 is 45.4 Å². The Morgan fingerprint density at radius 2 is 1.82 bits per heavy atom. The molecule has 4 aliphatic rings. The number of nitrogens with two attached hydrogens (primary N) is 1. The Labute approximate surface area is 294 Å². The van der Waals surface area contributed by atoms with Crippen molar-refractivity contribution in [3.05, 3.63) is 101 Å². The average Bonchev–Trinajstić information content (AvgIpc) is 3.87. The third kappa shape index (κ3) is 5.43. The van der Waals surface area contributed by atoms with Crippen molar-refractivity contribution in [2.75, 3.05) is 0 Å². The standard InChI is InChI=1S/C38H39FN2O8S/c1-36-17-22(19-40)28(41-24-8-10-27(39)21(15-24)20-48-33(43)30-5-3-13-46-30)16-23(36)7-9-25-26-11-12-38(35(45)50,37(26,2)18-29(42)32(25)36)49-34(44)31-6-4-14-47-31/h3-6,8,10,13-16,19,25-26,29,32,42H,7,9,11-12,17-18,20,40H2,1-2H3,(H,45,50)/t25-,26?,29?,32?,36-,37-,38-/m0/s1. The number of allylic oxidation sites excluding steroid dienone is 3. The molecule has 12 heteroatoms. The first-order chi connectivity index (χ1) is 23.9. The molecule has 1 aromatic carbocycles. The minimum atomic E-state index is -1.51. The maximum Gasteiger partial charge on any atom is 0.375 e. The topological polar surface area (TPSA) is 155 Å². The van der Waals surface area contributed by atoms with Crippen molar-refractivity contribution in [3.63, 3.8) is 0 Å². The van der Waals surface area contributed by atoms with Crippen molar-refractivity contribution in [2.45, 2.75) is 70.7 Å². The molecule has 3 fully saturated rings. The summed E-state index contributed by atoms with van der Waals surface area (Å²) >= 11 is 4.26. The van der Waals surface area contributed by atoms with Crippen LogP contribution in [0, 0.1) is 34.4 Å².